The Morgan fingerprint density at radius 2 is 1.23 bits per heavy atom. The number of allylic oxidation sites excluding steroid dienone is 2. The maximum atomic E-state index is 5.43. The predicted molar refractivity (Wildman–Crippen MR) is 197 cm³/mol. The monoisotopic (exact) mass is 740 g/mol. The van der Waals surface area contributed by atoms with Crippen molar-refractivity contribution in [3.05, 3.63) is 71.2 Å². The van der Waals surface area contributed by atoms with Crippen LogP contribution in [-0.4, -0.2) is 51.7 Å². The molecular formula is C38H62Br2O4. The van der Waals surface area contributed by atoms with Crippen LogP contribution in [0, 0.1) is 35.5 Å². The first-order chi connectivity index (χ1) is 21.3. The summed E-state index contributed by atoms with van der Waals surface area (Å²) in [5.74, 6) is 3.69. The molecule has 0 rings (SSSR count). The fraction of sp³-hybridized carbons (Fsp3) is 0.684. The number of alkyl halides is 2. The summed E-state index contributed by atoms with van der Waals surface area (Å²) in [6, 6.07) is 0. The molecule has 0 aliphatic heterocycles. The molecule has 0 aromatic rings. The van der Waals surface area contributed by atoms with Gasteiger partial charge in [0.15, 0.2) is 0 Å². The number of hydrogen-bond donors (Lipinski definition) is 0. The van der Waals surface area contributed by atoms with Crippen molar-refractivity contribution in [1.29, 1.82) is 0 Å². The van der Waals surface area contributed by atoms with Crippen LogP contribution >= 0.6 is 31.9 Å². The molecule has 0 aromatic heterocycles. The van der Waals surface area contributed by atoms with Gasteiger partial charge in [0.1, 0.15) is 13.6 Å². The standard InChI is InChI=1S/C21H23Br.C17H35BrO4.2H2/c1-5-8-10-12-14-19(4)16-21(18-22)17-20(7-3)15-13-11-9-6-2;1-5-16(7-9-22-14-20-4)11-17(12-18)10-15(2)6-8-21-13-19-3;;/h14-15,19-21H,1-2,7,16-18H2,3-4H3;15-17H,5-14H2,1-4H3;2*1H. The summed E-state index contributed by atoms with van der Waals surface area (Å²) in [6.07, 6.45) is 13.4. The molecule has 0 radical (unpaired) electrons. The zero-order valence-electron chi connectivity index (χ0n) is 28.3. The topological polar surface area (TPSA) is 36.9 Å². The molecule has 0 aliphatic rings. The molecule has 0 bridgehead atoms. The zero-order chi connectivity index (χ0) is 33.3. The van der Waals surface area contributed by atoms with E-state index in [1.54, 1.807) is 14.2 Å². The average molecular weight is 743 g/mol. The molecule has 0 N–H and O–H groups in total. The smallest absolute Gasteiger partial charge is 0.146 e. The number of rotatable bonds is 24. The number of methoxy groups -OCH3 is 2. The molecule has 4 nitrogen and oxygen atoms in total. The van der Waals surface area contributed by atoms with Crippen LogP contribution in [0.15, 0.2) is 71.2 Å². The summed E-state index contributed by atoms with van der Waals surface area (Å²) in [6.45, 7) is 18.2. The molecule has 0 aromatic carbocycles. The highest BCUT2D eigenvalue weighted by Gasteiger charge is 2.18. The second-order valence-electron chi connectivity index (χ2n) is 11.2. The van der Waals surface area contributed by atoms with E-state index in [4.69, 9.17) is 18.9 Å². The molecule has 0 heterocycles. The minimum Gasteiger partial charge on any atom is -0.359 e. The lowest BCUT2D eigenvalue weighted by Gasteiger charge is -2.24. The summed E-state index contributed by atoms with van der Waals surface area (Å²) in [7, 11) is 3.32. The van der Waals surface area contributed by atoms with Crippen LogP contribution in [0.5, 0.6) is 0 Å². The van der Waals surface area contributed by atoms with Gasteiger partial charge in [0.05, 0.1) is 0 Å². The first-order valence-corrected chi connectivity index (χ1v) is 18.1. The first-order valence-electron chi connectivity index (χ1n) is 15.8. The van der Waals surface area contributed by atoms with Gasteiger partial charge in [0.2, 0.25) is 0 Å². The lowest BCUT2D eigenvalue weighted by atomic mass is 9.85. The molecule has 6 unspecified atom stereocenters. The number of halogens is 2. The maximum absolute atomic E-state index is 5.43. The van der Waals surface area contributed by atoms with Crippen LogP contribution in [-0.2, 0) is 18.9 Å². The molecule has 252 valence electrons. The second kappa shape index (κ2) is 34.4. The number of ether oxygens (including phenoxy) is 4. The van der Waals surface area contributed by atoms with Crippen molar-refractivity contribution < 1.29 is 21.8 Å². The van der Waals surface area contributed by atoms with Crippen molar-refractivity contribution in [2.75, 3.05) is 51.7 Å². The van der Waals surface area contributed by atoms with E-state index >= 15 is 0 Å². The van der Waals surface area contributed by atoms with Gasteiger partial charge in [-0.05, 0) is 129 Å². The molecule has 0 amide bonds. The van der Waals surface area contributed by atoms with E-state index < -0.39 is 0 Å². The van der Waals surface area contributed by atoms with Crippen LogP contribution in [0.4, 0.5) is 0 Å². The Morgan fingerprint density at radius 3 is 1.73 bits per heavy atom. The van der Waals surface area contributed by atoms with Gasteiger partial charge in [-0.3, -0.25) is 0 Å². The summed E-state index contributed by atoms with van der Waals surface area (Å²) in [5.41, 5.74) is 21.9. The van der Waals surface area contributed by atoms with Crippen molar-refractivity contribution in [3.63, 3.8) is 0 Å². The largest absolute Gasteiger partial charge is 0.359 e. The van der Waals surface area contributed by atoms with Gasteiger partial charge in [0.25, 0.3) is 0 Å². The predicted octanol–water partition coefficient (Wildman–Crippen LogP) is 11.0. The van der Waals surface area contributed by atoms with Gasteiger partial charge in [-0.1, -0.05) is 88.9 Å². The fourth-order valence-corrected chi connectivity index (χ4v) is 5.85. The van der Waals surface area contributed by atoms with E-state index in [-0.39, 0.29) is 2.85 Å². The van der Waals surface area contributed by atoms with Gasteiger partial charge in [-0.25, -0.2) is 0 Å². The lowest BCUT2D eigenvalue weighted by Crippen LogP contribution is -2.16. The van der Waals surface area contributed by atoms with Crippen molar-refractivity contribution in [2.45, 2.75) is 79.1 Å². The quantitative estimate of drug-likeness (QED) is 0.0427. The molecular weight excluding hydrogens is 680 g/mol. The Bertz CT molecular complexity index is 1020. The van der Waals surface area contributed by atoms with Crippen molar-refractivity contribution in [2.24, 2.45) is 35.5 Å². The van der Waals surface area contributed by atoms with Gasteiger partial charge < -0.3 is 18.9 Å². The van der Waals surface area contributed by atoms with E-state index in [0.29, 0.717) is 37.3 Å². The normalized spacial score (nSPS) is 14.0. The highest BCUT2D eigenvalue weighted by molar-refractivity contribution is 9.09. The Labute approximate surface area is 290 Å². The third kappa shape index (κ3) is 29.2. The minimum atomic E-state index is 0. The Hall–Kier alpha value is -1.48. The van der Waals surface area contributed by atoms with Crippen LogP contribution in [0.1, 0.15) is 81.9 Å². The van der Waals surface area contributed by atoms with E-state index in [1.807, 2.05) is 6.08 Å². The Kier molecular flexibility index (Phi) is 34.9. The average Bonchev–Trinajstić information content (AvgIpc) is 3.03. The maximum Gasteiger partial charge on any atom is 0.146 e. The second-order valence-corrected chi connectivity index (χ2v) is 12.5. The summed E-state index contributed by atoms with van der Waals surface area (Å²) in [5, 5.41) is 2.07. The van der Waals surface area contributed by atoms with Crippen molar-refractivity contribution >= 4 is 31.9 Å². The molecule has 44 heavy (non-hydrogen) atoms. The number of hydrogen-bond acceptors (Lipinski definition) is 4. The SMILES string of the molecule is C=C=C=C=C=CC(C)CC(CBr)CC(C=C=C=C=C=C)CC.CCC(CCOCOC)CC(CBr)CC(C)CCOCOC.[HH].[HH]. The van der Waals surface area contributed by atoms with Crippen LogP contribution < -0.4 is 0 Å². The molecule has 0 spiro atoms. The van der Waals surface area contributed by atoms with E-state index in [2.05, 4.69) is 125 Å². The van der Waals surface area contributed by atoms with Gasteiger partial charge >= 0.3 is 0 Å². The molecule has 6 heteroatoms. The minimum absolute atomic E-state index is 0. The first kappa shape index (κ1) is 44.6. The Morgan fingerprint density at radius 1 is 0.682 bits per heavy atom. The van der Waals surface area contributed by atoms with Gasteiger partial charge in [-0.2, -0.15) is 0 Å². The van der Waals surface area contributed by atoms with Crippen molar-refractivity contribution in [3.8, 4) is 0 Å². The highest BCUT2D eigenvalue weighted by atomic mass is 79.9. The molecule has 0 fully saturated rings. The molecule has 0 saturated heterocycles. The third-order valence-corrected chi connectivity index (χ3v) is 9.07. The van der Waals surface area contributed by atoms with E-state index in [0.717, 1.165) is 67.8 Å². The van der Waals surface area contributed by atoms with Crippen LogP contribution in [0.3, 0.4) is 0 Å². The molecule has 0 saturated carbocycles. The fourth-order valence-electron chi connectivity index (χ4n) is 4.79. The van der Waals surface area contributed by atoms with Crippen LogP contribution in [0.25, 0.3) is 0 Å². The van der Waals surface area contributed by atoms with E-state index in [1.165, 1.54) is 19.3 Å². The zero-order valence-corrected chi connectivity index (χ0v) is 31.5. The summed E-state index contributed by atoms with van der Waals surface area (Å²) in [4.78, 5) is 0. The molecule has 6 atom stereocenters. The van der Waals surface area contributed by atoms with Crippen LogP contribution in [0.2, 0.25) is 0 Å². The lowest BCUT2D eigenvalue weighted by molar-refractivity contribution is -0.0358. The van der Waals surface area contributed by atoms with E-state index in [9.17, 15) is 0 Å². The molecule has 0 aliphatic carbocycles. The summed E-state index contributed by atoms with van der Waals surface area (Å²) >= 11 is 7.31. The van der Waals surface area contributed by atoms with Crippen molar-refractivity contribution in [1.82, 2.24) is 0 Å². The summed E-state index contributed by atoms with van der Waals surface area (Å²) < 4.78 is 20.6. The third-order valence-electron chi connectivity index (χ3n) is 7.24. The highest BCUT2D eigenvalue weighted by Crippen LogP contribution is 2.27. The van der Waals surface area contributed by atoms with Gasteiger partial charge in [0, 0.05) is 40.9 Å². The van der Waals surface area contributed by atoms with Gasteiger partial charge in [-0.15, -0.1) is 0 Å². The Balaban J connectivity index is -0.000000367.